The molecule has 45 heavy (non-hydrogen) atoms. The number of anilines is 1. The molecular formula is C30H26F6N4O4S. The second kappa shape index (κ2) is 14.0. The number of aromatic nitrogens is 2. The Morgan fingerprint density at radius 1 is 0.800 bits per heavy atom. The summed E-state index contributed by atoms with van der Waals surface area (Å²) < 4.78 is 88.2. The van der Waals surface area contributed by atoms with E-state index in [0.29, 0.717) is 23.5 Å². The first-order valence-electron chi connectivity index (χ1n) is 13.3. The minimum absolute atomic E-state index is 0.0148. The molecule has 0 aliphatic carbocycles. The molecule has 1 heterocycles. The van der Waals surface area contributed by atoms with Crippen LogP contribution in [-0.2, 0) is 23.6 Å². The molecule has 15 heteroatoms. The third-order valence-electron chi connectivity index (χ3n) is 6.60. The normalized spacial score (nSPS) is 11.6. The number of rotatable bonds is 11. The molecule has 4 rings (SSSR count). The molecule has 0 radical (unpaired) electrons. The molecule has 1 N–H and O–H groups in total. The number of nitrogens with one attached hydrogen (secondary N) is 1. The van der Waals surface area contributed by atoms with E-state index in [-0.39, 0.29) is 35.2 Å². The predicted octanol–water partition coefficient (Wildman–Crippen LogP) is 6.97. The number of ether oxygens (including phenoxy) is 2. The number of carbonyl (C=O) groups excluding carboxylic acids is 2. The van der Waals surface area contributed by atoms with Crippen molar-refractivity contribution in [2.24, 2.45) is 0 Å². The molecule has 238 valence electrons. The van der Waals surface area contributed by atoms with Gasteiger partial charge in [-0.1, -0.05) is 29.5 Å². The Balaban J connectivity index is 1.44. The molecule has 4 aromatic rings. The highest BCUT2D eigenvalue weighted by Gasteiger charge is 2.31. The van der Waals surface area contributed by atoms with E-state index in [2.05, 4.69) is 15.5 Å². The van der Waals surface area contributed by atoms with E-state index in [0.717, 1.165) is 53.3 Å². The van der Waals surface area contributed by atoms with Crippen LogP contribution in [0.2, 0.25) is 0 Å². The molecule has 2 amide bonds. The quantitative estimate of drug-likeness (QED) is 0.176. The summed E-state index contributed by atoms with van der Waals surface area (Å²) >= 11 is 0.952. The summed E-state index contributed by atoms with van der Waals surface area (Å²) in [6.45, 7) is 0.0447. The molecule has 1 aromatic heterocycles. The van der Waals surface area contributed by atoms with Crippen LogP contribution in [0.15, 0.2) is 66.7 Å². The molecular weight excluding hydrogens is 626 g/mol. The number of carbonyl (C=O) groups is 2. The lowest BCUT2D eigenvalue weighted by atomic mass is 10.1. The number of benzene rings is 3. The third kappa shape index (κ3) is 8.71. The second-order valence-electron chi connectivity index (χ2n) is 9.59. The molecule has 0 fully saturated rings. The van der Waals surface area contributed by atoms with Gasteiger partial charge in [0.15, 0.2) is 11.5 Å². The fourth-order valence-electron chi connectivity index (χ4n) is 4.21. The van der Waals surface area contributed by atoms with Crippen molar-refractivity contribution < 1.29 is 45.4 Å². The zero-order valence-corrected chi connectivity index (χ0v) is 24.6. The first-order chi connectivity index (χ1) is 21.3. The number of hydrogen-bond acceptors (Lipinski definition) is 7. The van der Waals surface area contributed by atoms with Gasteiger partial charge in [-0.25, -0.2) is 0 Å². The van der Waals surface area contributed by atoms with Gasteiger partial charge in [0.05, 0.1) is 25.3 Å². The Labute approximate surface area is 257 Å². The molecule has 0 spiro atoms. The van der Waals surface area contributed by atoms with Crippen LogP contribution >= 0.6 is 11.3 Å². The minimum atomic E-state index is -4.57. The van der Waals surface area contributed by atoms with Crippen molar-refractivity contribution in [1.82, 2.24) is 15.1 Å². The van der Waals surface area contributed by atoms with Crippen LogP contribution in [0.5, 0.6) is 11.5 Å². The average molecular weight is 653 g/mol. The number of amides is 2. The molecule has 0 saturated heterocycles. The maximum atomic E-state index is 13.3. The summed E-state index contributed by atoms with van der Waals surface area (Å²) in [5, 5.41) is 10.7. The number of methoxy groups -OCH3 is 2. The van der Waals surface area contributed by atoms with Crippen molar-refractivity contribution in [2.75, 3.05) is 32.6 Å². The Morgan fingerprint density at radius 3 is 1.98 bits per heavy atom. The maximum Gasteiger partial charge on any atom is 0.416 e. The smallest absolute Gasteiger partial charge is 0.416 e. The van der Waals surface area contributed by atoms with Gasteiger partial charge in [-0.05, 0) is 60.5 Å². The van der Waals surface area contributed by atoms with Crippen molar-refractivity contribution in [3.8, 4) is 22.1 Å². The number of nitrogens with zero attached hydrogens (tertiary/aromatic N) is 3. The van der Waals surface area contributed by atoms with Crippen LogP contribution in [0.4, 0.5) is 31.5 Å². The van der Waals surface area contributed by atoms with Gasteiger partial charge in [0.2, 0.25) is 11.0 Å². The van der Waals surface area contributed by atoms with Crippen LogP contribution in [0.3, 0.4) is 0 Å². The minimum Gasteiger partial charge on any atom is -0.493 e. The topological polar surface area (TPSA) is 93.6 Å². The first kappa shape index (κ1) is 33.2. The average Bonchev–Trinajstić information content (AvgIpc) is 3.48. The van der Waals surface area contributed by atoms with Gasteiger partial charge < -0.3 is 19.7 Å². The third-order valence-corrected chi connectivity index (χ3v) is 7.49. The van der Waals surface area contributed by atoms with Gasteiger partial charge in [-0.2, -0.15) is 26.3 Å². The second-order valence-corrected chi connectivity index (χ2v) is 10.6. The van der Waals surface area contributed by atoms with E-state index < -0.39 is 35.3 Å². The summed E-state index contributed by atoms with van der Waals surface area (Å²) in [5.74, 6) is -0.115. The lowest BCUT2D eigenvalue weighted by molar-refractivity contribution is -0.138. The molecule has 8 nitrogen and oxygen atoms in total. The fourth-order valence-corrected chi connectivity index (χ4v) is 4.98. The van der Waals surface area contributed by atoms with Crippen molar-refractivity contribution in [3.63, 3.8) is 0 Å². The largest absolute Gasteiger partial charge is 0.493 e. The molecule has 0 atom stereocenters. The molecule has 0 unspecified atom stereocenters. The van der Waals surface area contributed by atoms with Gasteiger partial charge in [0, 0.05) is 30.6 Å². The summed E-state index contributed by atoms with van der Waals surface area (Å²) in [6.07, 6.45) is -8.90. The lowest BCUT2D eigenvalue weighted by Crippen LogP contribution is -2.35. The number of halogens is 6. The van der Waals surface area contributed by atoms with Crippen molar-refractivity contribution in [3.05, 3.63) is 89.0 Å². The molecule has 3 aromatic carbocycles. The van der Waals surface area contributed by atoms with E-state index in [1.54, 1.807) is 18.2 Å². The van der Waals surface area contributed by atoms with Crippen molar-refractivity contribution in [2.45, 2.75) is 25.2 Å². The van der Waals surface area contributed by atoms with E-state index >= 15 is 0 Å². The van der Waals surface area contributed by atoms with Crippen LogP contribution in [0, 0.1) is 0 Å². The zero-order valence-electron chi connectivity index (χ0n) is 23.8. The predicted molar refractivity (Wildman–Crippen MR) is 154 cm³/mol. The summed E-state index contributed by atoms with van der Waals surface area (Å²) in [4.78, 5) is 27.5. The summed E-state index contributed by atoms with van der Waals surface area (Å²) in [7, 11) is 2.97. The Kier molecular flexibility index (Phi) is 10.3. The first-order valence-corrected chi connectivity index (χ1v) is 14.1. The van der Waals surface area contributed by atoms with E-state index in [1.165, 1.54) is 31.3 Å². The van der Waals surface area contributed by atoms with Gasteiger partial charge in [-0.3, -0.25) is 9.59 Å². The standard InChI is InChI=1S/C30H26F6N4O4S/c1-43-23-12-3-18(17-24(23)44-2)13-15-40(27(42)20-6-10-22(11-7-20)30(34,35)36)16-14-25(41)37-28-39-38-26(45-28)19-4-8-21(9-5-19)29(31,32)33/h3-12,17H,13-16H2,1-2H3,(H,37,39,41). The fraction of sp³-hybridized carbons (Fsp3) is 0.267. The van der Waals surface area contributed by atoms with Crippen LogP contribution in [-0.4, -0.2) is 54.2 Å². The Hall–Kier alpha value is -4.66. The number of alkyl halides is 6. The van der Waals surface area contributed by atoms with Gasteiger partial charge in [0.25, 0.3) is 5.91 Å². The lowest BCUT2D eigenvalue weighted by Gasteiger charge is -2.23. The highest BCUT2D eigenvalue weighted by atomic mass is 32.1. The monoisotopic (exact) mass is 652 g/mol. The van der Waals surface area contributed by atoms with E-state index in [9.17, 15) is 35.9 Å². The van der Waals surface area contributed by atoms with Gasteiger partial charge in [0.1, 0.15) is 5.01 Å². The molecule has 0 aliphatic rings. The highest BCUT2D eigenvalue weighted by molar-refractivity contribution is 7.18. The van der Waals surface area contributed by atoms with E-state index in [4.69, 9.17) is 9.47 Å². The Morgan fingerprint density at radius 2 is 1.40 bits per heavy atom. The van der Waals surface area contributed by atoms with Crippen molar-refractivity contribution in [1.29, 1.82) is 0 Å². The molecule has 0 bridgehead atoms. The molecule has 0 aliphatic heterocycles. The van der Waals surface area contributed by atoms with Crippen molar-refractivity contribution >= 4 is 28.3 Å². The molecule has 0 saturated carbocycles. The maximum absolute atomic E-state index is 13.3. The van der Waals surface area contributed by atoms with Crippen LogP contribution < -0.4 is 14.8 Å². The number of hydrogen-bond donors (Lipinski definition) is 1. The summed E-state index contributed by atoms with van der Waals surface area (Å²) in [6, 6.07) is 13.3. The summed E-state index contributed by atoms with van der Waals surface area (Å²) in [5.41, 5.74) is -0.536. The van der Waals surface area contributed by atoms with Crippen LogP contribution in [0.25, 0.3) is 10.6 Å². The van der Waals surface area contributed by atoms with Gasteiger partial charge in [-0.15, -0.1) is 10.2 Å². The SMILES string of the molecule is COc1ccc(CCN(CCC(=O)Nc2nnc(-c3ccc(C(F)(F)F)cc3)s2)C(=O)c2ccc(C(F)(F)F)cc2)cc1OC. The zero-order chi connectivity index (χ0) is 32.8. The van der Waals surface area contributed by atoms with E-state index in [1.807, 2.05) is 0 Å². The van der Waals surface area contributed by atoms with Gasteiger partial charge >= 0.3 is 12.4 Å². The Bertz CT molecular complexity index is 1620. The highest BCUT2D eigenvalue weighted by Crippen LogP contribution is 2.33. The van der Waals surface area contributed by atoms with Crippen LogP contribution in [0.1, 0.15) is 33.5 Å².